The van der Waals surface area contributed by atoms with Crippen LogP contribution in [0, 0.1) is 0 Å². The maximum Gasteiger partial charge on any atom is 0.270 e. The van der Waals surface area contributed by atoms with Gasteiger partial charge in [-0.1, -0.05) is 78.8 Å². The molecule has 0 unspecified atom stereocenters. The molecule has 0 bridgehead atoms. The highest BCUT2D eigenvalue weighted by molar-refractivity contribution is 9.10. The normalized spacial score (nSPS) is 10.6. The van der Waals surface area contributed by atoms with Gasteiger partial charge in [-0.3, -0.25) is 9.89 Å². The van der Waals surface area contributed by atoms with Gasteiger partial charge in [-0.25, -0.2) is 0 Å². The van der Waals surface area contributed by atoms with Crippen LogP contribution in [0.25, 0.3) is 5.70 Å². The molecular weight excluding hydrogens is 428 g/mol. The molecular formula is C23H37BrN4O. The number of nitrogens with zero attached hydrogens (tertiary/aromatic N) is 1. The number of aromatic nitrogens is 2. The van der Waals surface area contributed by atoms with Crippen LogP contribution in [0.2, 0.25) is 0 Å². The lowest BCUT2D eigenvalue weighted by molar-refractivity contribution is 0.0933. The Hall–Kier alpha value is -2.08. The van der Waals surface area contributed by atoms with E-state index in [1.165, 1.54) is 12.0 Å². The Morgan fingerprint density at radius 3 is 2.34 bits per heavy atom. The summed E-state index contributed by atoms with van der Waals surface area (Å²) < 4.78 is 0.596. The molecule has 2 rings (SSSR count). The summed E-state index contributed by atoms with van der Waals surface area (Å²) in [6.45, 7) is 18.4. The van der Waals surface area contributed by atoms with E-state index in [4.69, 9.17) is 0 Å². The molecule has 0 saturated heterocycles. The van der Waals surface area contributed by atoms with E-state index >= 15 is 0 Å². The number of H-pyrrole nitrogens is 1. The van der Waals surface area contributed by atoms with Crippen molar-refractivity contribution in [1.82, 2.24) is 15.5 Å². The van der Waals surface area contributed by atoms with Crippen LogP contribution in [0.4, 0.5) is 5.82 Å². The predicted octanol–water partition coefficient (Wildman–Crippen LogP) is 6.79. The molecule has 1 heterocycles. The van der Waals surface area contributed by atoms with E-state index in [9.17, 15) is 4.79 Å². The third-order valence-corrected chi connectivity index (χ3v) is 4.69. The quantitative estimate of drug-likeness (QED) is 0.422. The zero-order chi connectivity index (χ0) is 22.4. The first-order valence-electron chi connectivity index (χ1n) is 10.5. The number of anilines is 1. The zero-order valence-corrected chi connectivity index (χ0v) is 20.5. The number of rotatable bonds is 7. The number of aromatic amines is 1. The predicted molar refractivity (Wildman–Crippen MR) is 129 cm³/mol. The Morgan fingerprint density at radius 2 is 1.79 bits per heavy atom. The topological polar surface area (TPSA) is 69.8 Å². The second-order valence-electron chi connectivity index (χ2n) is 6.37. The van der Waals surface area contributed by atoms with Crippen molar-refractivity contribution >= 4 is 33.4 Å². The van der Waals surface area contributed by atoms with E-state index in [0.29, 0.717) is 16.0 Å². The number of hydrogen-bond acceptors (Lipinski definition) is 3. The molecule has 0 fully saturated rings. The van der Waals surface area contributed by atoms with Gasteiger partial charge in [0.15, 0.2) is 5.82 Å². The lowest BCUT2D eigenvalue weighted by atomic mass is 10.0. The maximum absolute atomic E-state index is 12.2. The lowest BCUT2D eigenvalue weighted by Crippen LogP contribution is -2.32. The number of benzene rings is 1. The molecule has 0 saturated carbocycles. The standard InChI is InChI=1S/C18H23BrN4O.C3H8.C2H6/c1-5-11(3)20-18(24)16-15(19)17(23-22-16)21-12(4)14-10-8-7-9-13(14)6-2;1-3-2;1-2/h7-11H,4-6H2,1-3H3,(H,20,24)(H2,21,22,23);3H2,1-2H3;1-2H3/t11-;;/m1../s1. The Bertz CT molecular complexity index is 755. The minimum atomic E-state index is -0.184. The van der Waals surface area contributed by atoms with E-state index in [2.05, 4.69) is 70.2 Å². The molecule has 29 heavy (non-hydrogen) atoms. The minimum Gasteiger partial charge on any atom is -0.348 e. The van der Waals surface area contributed by atoms with Crippen molar-refractivity contribution < 1.29 is 4.79 Å². The molecule has 0 aliphatic rings. The minimum absolute atomic E-state index is 0.107. The monoisotopic (exact) mass is 464 g/mol. The Balaban J connectivity index is 0.00000143. The lowest BCUT2D eigenvalue weighted by Gasteiger charge is -2.12. The van der Waals surface area contributed by atoms with Crippen molar-refractivity contribution in [1.29, 1.82) is 0 Å². The van der Waals surface area contributed by atoms with Gasteiger partial charge >= 0.3 is 0 Å². The molecule has 162 valence electrons. The van der Waals surface area contributed by atoms with Crippen LogP contribution in [0.3, 0.4) is 0 Å². The summed E-state index contributed by atoms with van der Waals surface area (Å²) in [5, 5.41) is 13.1. The Morgan fingerprint density at radius 1 is 1.21 bits per heavy atom. The fourth-order valence-electron chi connectivity index (χ4n) is 2.29. The summed E-state index contributed by atoms with van der Waals surface area (Å²) in [5.41, 5.74) is 3.39. The van der Waals surface area contributed by atoms with Crippen molar-refractivity contribution in [3.05, 3.63) is 52.1 Å². The highest BCUT2D eigenvalue weighted by Crippen LogP contribution is 2.27. The highest BCUT2D eigenvalue weighted by atomic mass is 79.9. The van der Waals surface area contributed by atoms with Gasteiger partial charge in [-0.05, 0) is 41.3 Å². The van der Waals surface area contributed by atoms with E-state index < -0.39 is 0 Å². The van der Waals surface area contributed by atoms with Crippen LogP contribution in [0.15, 0.2) is 35.3 Å². The average molecular weight is 465 g/mol. The number of halogens is 1. The number of amides is 1. The van der Waals surface area contributed by atoms with E-state index in [1.807, 2.05) is 45.9 Å². The molecule has 1 amide bonds. The van der Waals surface area contributed by atoms with Gasteiger partial charge in [0, 0.05) is 17.3 Å². The second kappa shape index (κ2) is 14.9. The smallest absolute Gasteiger partial charge is 0.270 e. The van der Waals surface area contributed by atoms with Gasteiger partial charge in [0.1, 0.15) is 5.69 Å². The van der Waals surface area contributed by atoms with Crippen molar-refractivity contribution in [2.75, 3.05) is 5.32 Å². The summed E-state index contributed by atoms with van der Waals surface area (Å²) in [5.74, 6) is 0.358. The third kappa shape index (κ3) is 8.44. The average Bonchev–Trinajstić information content (AvgIpc) is 3.10. The molecule has 3 N–H and O–H groups in total. The molecule has 0 aliphatic carbocycles. The van der Waals surface area contributed by atoms with Crippen molar-refractivity contribution in [2.24, 2.45) is 0 Å². The van der Waals surface area contributed by atoms with Crippen molar-refractivity contribution in [3.63, 3.8) is 0 Å². The highest BCUT2D eigenvalue weighted by Gasteiger charge is 2.19. The molecule has 0 spiro atoms. The first-order chi connectivity index (χ1) is 13.9. The second-order valence-corrected chi connectivity index (χ2v) is 7.16. The van der Waals surface area contributed by atoms with Crippen LogP contribution in [0.1, 0.15) is 82.9 Å². The molecule has 2 aromatic rings. The maximum atomic E-state index is 12.2. The summed E-state index contributed by atoms with van der Waals surface area (Å²) >= 11 is 3.44. The Labute approximate surface area is 184 Å². The SMILES string of the molecule is C=C(Nc1n[nH]c(C(=O)N[C@H](C)CC)c1Br)c1ccccc1CC.CC.CCC. The number of carbonyl (C=O) groups excluding carboxylic acids is 1. The van der Waals surface area contributed by atoms with Gasteiger partial charge < -0.3 is 10.6 Å². The number of aryl methyl sites for hydroxylation is 1. The fraction of sp³-hybridized carbons (Fsp3) is 0.478. The number of nitrogens with one attached hydrogen (secondary N) is 3. The molecule has 5 nitrogen and oxygen atoms in total. The zero-order valence-electron chi connectivity index (χ0n) is 18.9. The van der Waals surface area contributed by atoms with Crippen LogP contribution >= 0.6 is 15.9 Å². The molecule has 0 radical (unpaired) electrons. The Kier molecular flexibility index (Phi) is 13.8. The molecule has 1 aromatic carbocycles. The molecule has 0 aliphatic heterocycles. The number of carbonyl (C=O) groups is 1. The van der Waals surface area contributed by atoms with Crippen molar-refractivity contribution in [3.8, 4) is 0 Å². The fourth-order valence-corrected chi connectivity index (χ4v) is 2.75. The van der Waals surface area contributed by atoms with E-state index in [1.54, 1.807) is 0 Å². The molecule has 1 atom stereocenters. The number of hydrogen-bond donors (Lipinski definition) is 3. The van der Waals surface area contributed by atoms with Crippen LogP contribution in [-0.4, -0.2) is 22.1 Å². The summed E-state index contributed by atoms with van der Waals surface area (Å²) in [6.07, 6.45) is 3.04. The summed E-state index contributed by atoms with van der Waals surface area (Å²) in [6, 6.07) is 8.19. The van der Waals surface area contributed by atoms with Gasteiger partial charge in [0.25, 0.3) is 5.91 Å². The van der Waals surface area contributed by atoms with Crippen LogP contribution < -0.4 is 10.6 Å². The third-order valence-electron chi connectivity index (χ3n) is 3.92. The molecule has 6 heteroatoms. The van der Waals surface area contributed by atoms with E-state index in [0.717, 1.165) is 24.1 Å². The van der Waals surface area contributed by atoms with E-state index in [-0.39, 0.29) is 11.9 Å². The molecule has 1 aromatic heterocycles. The summed E-state index contributed by atoms with van der Waals surface area (Å²) in [7, 11) is 0. The van der Waals surface area contributed by atoms with Crippen LogP contribution in [-0.2, 0) is 6.42 Å². The first kappa shape index (κ1) is 26.9. The largest absolute Gasteiger partial charge is 0.348 e. The summed E-state index contributed by atoms with van der Waals surface area (Å²) in [4.78, 5) is 12.2. The van der Waals surface area contributed by atoms with Gasteiger partial charge in [-0.15, -0.1) is 0 Å². The van der Waals surface area contributed by atoms with Gasteiger partial charge in [-0.2, -0.15) is 5.10 Å². The first-order valence-corrected chi connectivity index (χ1v) is 11.3. The van der Waals surface area contributed by atoms with Crippen LogP contribution in [0.5, 0.6) is 0 Å². The van der Waals surface area contributed by atoms with Gasteiger partial charge in [0.05, 0.1) is 4.47 Å². The van der Waals surface area contributed by atoms with Gasteiger partial charge in [0.2, 0.25) is 0 Å². The van der Waals surface area contributed by atoms with Crippen molar-refractivity contribution in [2.45, 2.75) is 73.8 Å².